The molecule has 0 aliphatic rings. The molecule has 2 rings (SSSR count). The van der Waals surface area contributed by atoms with E-state index in [1.54, 1.807) is 0 Å². The molecule has 0 spiro atoms. The van der Waals surface area contributed by atoms with Crippen LogP contribution in [0.4, 0.5) is 0 Å². The number of carbonyl (C=O) groups excluding carboxylic acids is 1. The van der Waals surface area contributed by atoms with Crippen molar-refractivity contribution in [2.24, 2.45) is 5.92 Å². The molecule has 92 valence electrons. The van der Waals surface area contributed by atoms with Crippen LogP contribution in [-0.4, -0.2) is 6.29 Å². The van der Waals surface area contributed by atoms with E-state index < -0.39 is 0 Å². The number of carbonyl (C=O) groups is 1. The molecule has 0 fully saturated rings. The lowest BCUT2D eigenvalue weighted by molar-refractivity contribution is 0.112. The van der Waals surface area contributed by atoms with Crippen LogP contribution in [0.25, 0.3) is 11.1 Å². The first-order valence-corrected chi connectivity index (χ1v) is 6.33. The lowest BCUT2D eigenvalue weighted by atomic mass is 9.97. The second-order valence-electron chi connectivity index (χ2n) is 5.04. The van der Waals surface area contributed by atoms with E-state index in [1.165, 1.54) is 11.1 Å². The number of benzene rings is 2. The smallest absolute Gasteiger partial charge is 0.150 e. The summed E-state index contributed by atoms with van der Waals surface area (Å²) in [6.45, 7) is 4.46. The van der Waals surface area contributed by atoms with Gasteiger partial charge < -0.3 is 0 Å². The van der Waals surface area contributed by atoms with Gasteiger partial charge in [0.1, 0.15) is 6.29 Å². The maximum atomic E-state index is 10.6. The van der Waals surface area contributed by atoms with Crippen molar-refractivity contribution in [2.75, 3.05) is 0 Å². The molecule has 1 heteroatoms. The highest BCUT2D eigenvalue weighted by Gasteiger charge is 2.01. The molecule has 0 radical (unpaired) electrons. The fourth-order valence-corrected chi connectivity index (χ4v) is 2.10. The first kappa shape index (κ1) is 12.6. The molecule has 18 heavy (non-hydrogen) atoms. The molecule has 1 nitrogen and oxygen atoms in total. The van der Waals surface area contributed by atoms with Crippen LogP contribution in [0.15, 0.2) is 48.5 Å². The zero-order valence-corrected chi connectivity index (χ0v) is 10.9. The molecule has 0 heterocycles. The molecule has 0 amide bonds. The Labute approximate surface area is 108 Å². The van der Waals surface area contributed by atoms with Crippen molar-refractivity contribution in [3.63, 3.8) is 0 Å². The summed E-state index contributed by atoms with van der Waals surface area (Å²) in [6.07, 6.45) is 1.97. The summed E-state index contributed by atoms with van der Waals surface area (Å²) in [6, 6.07) is 16.3. The predicted octanol–water partition coefficient (Wildman–Crippen LogP) is 4.36. The van der Waals surface area contributed by atoms with Gasteiger partial charge in [0.2, 0.25) is 0 Å². The van der Waals surface area contributed by atoms with E-state index in [0.29, 0.717) is 5.92 Å². The third-order valence-corrected chi connectivity index (χ3v) is 2.95. The minimum Gasteiger partial charge on any atom is -0.298 e. The molecule has 0 aliphatic carbocycles. The Hall–Kier alpha value is -1.89. The minimum absolute atomic E-state index is 0.665. The largest absolute Gasteiger partial charge is 0.298 e. The van der Waals surface area contributed by atoms with Gasteiger partial charge in [-0.25, -0.2) is 0 Å². The average molecular weight is 238 g/mol. The molecule has 2 aromatic carbocycles. The van der Waals surface area contributed by atoms with E-state index in [0.717, 1.165) is 23.8 Å². The van der Waals surface area contributed by atoms with Gasteiger partial charge in [0, 0.05) is 5.56 Å². The van der Waals surface area contributed by atoms with Crippen molar-refractivity contribution in [1.29, 1.82) is 0 Å². The summed E-state index contributed by atoms with van der Waals surface area (Å²) in [4.78, 5) is 10.6. The summed E-state index contributed by atoms with van der Waals surface area (Å²) in [5.41, 5.74) is 4.45. The van der Waals surface area contributed by atoms with E-state index in [1.807, 2.05) is 24.3 Å². The first-order chi connectivity index (χ1) is 8.69. The normalized spacial score (nSPS) is 10.6. The van der Waals surface area contributed by atoms with Crippen LogP contribution in [0.2, 0.25) is 0 Å². The zero-order valence-electron chi connectivity index (χ0n) is 10.9. The van der Waals surface area contributed by atoms with Crippen molar-refractivity contribution in [1.82, 2.24) is 0 Å². The average Bonchev–Trinajstić information content (AvgIpc) is 2.38. The molecular weight excluding hydrogens is 220 g/mol. The Bertz CT molecular complexity index is 524. The van der Waals surface area contributed by atoms with Gasteiger partial charge in [0.15, 0.2) is 0 Å². The predicted molar refractivity (Wildman–Crippen MR) is 75.8 cm³/mol. The fourth-order valence-electron chi connectivity index (χ4n) is 2.10. The van der Waals surface area contributed by atoms with Crippen LogP contribution in [0.1, 0.15) is 29.8 Å². The molecular formula is C17H18O. The molecule has 0 saturated carbocycles. The van der Waals surface area contributed by atoms with E-state index in [-0.39, 0.29) is 0 Å². The summed E-state index contributed by atoms with van der Waals surface area (Å²) >= 11 is 0. The molecule has 0 bridgehead atoms. The van der Waals surface area contributed by atoms with Gasteiger partial charge in [-0.2, -0.15) is 0 Å². The summed E-state index contributed by atoms with van der Waals surface area (Å²) in [5, 5.41) is 0. The van der Waals surface area contributed by atoms with E-state index in [9.17, 15) is 4.79 Å². The number of hydrogen-bond acceptors (Lipinski definition) is 1. The SMILES string of the molecule is CC(C)Cc1cccc(-c2ccc(C=O)cc2)c1. The highest BCUT2D eigenvalue weighted by Crippen LogP contribution is 2.21. The molecule has 0 unspecified atom stereocenters. The van der Waals surface area contributed by atoms with Crippen molar-refractivity contribution in [3.8, 4) is 11.1 Å². The maximum absolute atomic E-state index is 10.6. The zero-order chi connectivity index (χ0) is 13.0. The standard InChI is InChI=1S/C17H18O/c1-13(2)10-15-4-3-5-17(11-15)16-8-6-14(12-18)7-9-16/h3-9,11-13H,10H2,1-2H3. The van der Waals surface area contributed by atoms with Crippen LogP contribution in [0.5, 0.6) is 0 Å². The van der Waals surface area contributed by atoms with Crippen LogP contribution in [0, 0.1) is 5.92 Å². The highest BCUT2D eigenvalue weighted by atomic mass is 16.1. The lowest BCUT2D eigenvalue weighted by Gasteiger charge is -2.08. The number of hydrogen-bond donors (Lipinski definition) is 0. The molecule has 0 aromatic heterocycles. The molecule has 0 N–H and O–H groups in total. The quantitative estimate of drug-likeness (QED) is 0.723. The minimum atomic E-state index is 0.665. The molecule has 0 atom stereocenters. The Morgan fingerprint density at radius 1 is 1.00 bits per heavy atom. The summed E-state index contributed by atoms with van der Waals surface area (Å²) in [5.74, 6) is 0.665. The number of rotatable bonds is 4. The van der Waals surface area contributed by atoms with E-state index in [4.69, 9.17) is 0 Å². The van der Waals surface area contributed by atoms with Gasteiger partial charge in [0.05, 0.1) is 0 Å². The number of aldehydes is 1. The van der Waals surface area contributed by atoms with E-state index >= 15 is 0 Å². The highest BCUT2D eigenvalue weighted by molar-refractivity contribution is 5.77. The second-order valence-corrected chi connectivity index (χ2v) is 5.04. The summed E-state index contributed by atoms with van der Waals surface area (Å²) in [7, 11) is 0. The summed E-state index contributed by atoms with van der Waals surface area (Å²) < 4.78 is 0. The third-order valence-electron chi connectivity index (χ3n) is 2.95. The Balaban J connectivity index is 2.29. The topological polar surface area (TPSA) is 17.1 Å². The lowest BCUT2D eigenvalue weighted by Crippen LogP contribution is -1.94. The van der Waals surface area contributed by atoms with Crippen molar-refractivity contribution in [2.45, 2.75) is 20.3 Å². The van der Waals surface area contributed by atoms with Crippen LogP contribution in [0.3, 0.4) is 0 Å². The Morgan fingerprint density at radius 2 is 1.72 bits per heavy atom. The van der Waals surface area contributed by atoms with E-state index in [2.05, 4.69) is 38.1 Å². The third kappa shape index (κ3) is 3.07. The van der Waals surface area contributed by atoms with Crippen molar-refractivity contribution < 1.29 is 4.79 Å². The Kier molecular flexibility index (Phi) is 3.93. The van der Waals surface area contributed by atoms with Crippen molar-refractivity contribution in [3.05, 3.63) is 59.7 Å². The molecule has 2 aromatic rings. The van der Waals surface area contributed by atoms with Gasteiger partial charge in [0.25, 0.3) is 0 Å². The van der Waals surface area contributed by atoms with Crippen LogP contribution >= 0.6 is 0 Å². The monoisotopic (exact) mass is 238 g/mol. The maximum Gasteiger partial charge on any atom is 0.150 e. The van der Waals surface area contributed by atoms with Gasteiger partial charge >= 0.3 is 0 Å². The fraction of sp³-hybridized carbons (Fsp3) is 0.235. The molecule has 0 aliphatic heterocycles. The molecule has 0 saturated heterocycles. The van der Waals surface area contributed by atoms with Crippen LogP contribution < -0.4 is 0 Å². The van der Waals surface area contributed by atoms with Crippen LogP contribution in [-0.2, 0) is 6.42 Å². The Morgan fingerprint density at radius 3 is 2.33 bits per heavy atom. The van der Waals surface area contributed by atoms with Gasteiger partial charge in [-0.1, -0.05) is 62.4 Å². The van der Waals surface area contributed by atoms with Gasteiger partial charge in [-0.05, 0) is 29.0 Å². The first-order valence-electron chi connectivity index (χ1n) is 6.33. The second kappa shape index (κ2) is 5.63. The van der Waals surface area contributed by atoms with Gasteiger partial charge in [-0.15, -0.1) is 0 Å². The van der Waals surface area contributed by atoms with Gasteiger partial charge in [-0.3, -0.25) is 4.79 Å². The van der Waals surface area contributed by atoms with Crippen molar-refractivity contribution >= 4 is 6.29 Å².